The van der Waals surface area contributed by atoms with Crippen LogP contribution in [0.3, 0.4) is 0 Å². The average Bonchev–Trinajstić information content (AvgIpc) is 2.95. The number of carbonyl (C=O) groups excluding carboxylic acids is 1. The number of carbonyl (C=O) groups is 1. The molecule has 1 atom stereocenters. The van der Waals surface area contributed by atoms with Crippen LogP contribution in [0.15, 0.2) is 35.7 Å². The topological polar surface area (TPSA) is 41.1 Å². The van der Waals surface area contributed by atoms with E-state index in [2.05, 4.69) is 10.6 Å². The Morgan fingerprint density at radius 2 is 2.15 bits per heavy atom. The molecule has 0 aliphatic heterocycles. The van der Waals surface area contributed by atoms with Crippen LogP contribution in [0.1, 0.15) is 40.7 Å². The van der Waals surface area contributed by atoms with Gasteiger partial charge in [-0.2, -0.15) is 0 Å². The Kier molecular flexibility index (Phi) is 4.79. The van der Waals surface area contributed by atoms with Gasteiger partial charge in [-0.25, -0.2) is 0 Å². The number of thiophene rings is 1. The minimum Gasteiger partial charge on any atom is -0.385 e. The molecule has 20 heavy (non-hydrogen) atoms. The molecule has 1 aromatic heterocycles. The van der Waals surface area contributed by atoms with E-state index in [0.29, 0.717) is 5.56 Å². The highest BCUT2D eigenvalue weighted by Crippen LogP contribution is 2.21. The summed E-state index contributed by atoms with van der Waals surface area (Å²) in [7, 11) is 0. The van der Waals surface area contributed by atoms with Crippen LogP contribution in [0.2, 0.25) is 0 Å². The number of amides is 1. The smallest absolute Gasteiger partial charge is 0.253 e. The lowest BCUT2D eigenvalue weighted by molar-refractivity contribution is 0.0941. The molecule has 0 aliphatic rings. The van der Waals surface area contributed by atoms with E-state index in [4.69, 9.17) is 0 Å². The number of nitrogens with one attached hydrogen (secondary N) is 2. The first-order chi connectivity index (χ1) is 9.61. The van der Waals surface area contributed by atoms with Gasteiger partial charge in [0.2, 0.25) is 0 Å². The lowest BCUT2D eigenvalue weighted by atomic mass is 10.1. The van der Waals surface area contributed by atoms with Gasteiger partial charge < -0.3 is 10.6 Å². The summed E-state index contributed by atoms with van der Waals surface area (Å²) in [6.07, 6.45) is 0. The largest absolute Gasteiger partial charge is 0.385 e. The third-order valence-electron chi connectivity index (χ3n) is 3.10. The predicted octanol–water partition coefficient (Wildman–Crippen LogP) is 3.98. The summed E-state index contributed by atoms with van der Waals surface area (Å²) in [5.74, 6) is -0.0365. The van der Waals surface area contributed by atoms with Crippen LogP contribution in [-0.2, 0) is 0 Å². The lowest BCUT2D eigenvalue weighted by Gasteiger charge is -2.15. The Morgan fingerprint density at radius 1 is 1.35 bits per heavy atom. The molecule has 2 aromatic rings. The van der Waals surface area contributed by atoms with Gasteiger partial charge in [-0.05, 0) is 44.4 Å². The second kappa shape index (κ2) is 6.57. The average molecular weight is 288 g/mol. The SMILES string of the molecule is CCNc1ccc(C)cc1C(=O)NC(C)c1cccs1. The van der Waals surface area contributed by atoms with Crippen molar-refractivity contribution < 1.29 is 4.79 Å². The molecule has 0 fully saturated rings. The monoisotopic (exact) mass is 288 g/mol. The van der Waals surface area contributed by atoms with E-state index in [9.17, 15) is 4.79 Å². The van der Waals surface area contributed by atoms with Gasteiger partial charge in [-0.1, -0.05) is 17.7 Å². The van der Waals surface area contributed by atoms with Gasteiger partial charge in [-0.15, -0.1) is 11.3 Å². The molecule has 1 heterocycles. The summed E-state index contributed by atoms with van der Waals surface area (Å²) in [4.78, 5) is 13.6. The maximum Gasteiger partial charge on any atom is 0.253 e. The van der Waals surface area contributed by atoms with Gasteiger partial charge in [0.15, 0.2) is 0 Å². The molecule has 1 amide bonds. The number of anilines is 1. The van der Waals surface area contributed by atoms with Crippen LogP contribution in [-0.4, -0.2) is 12.5 Å². The fraction of sp³-hybridized carbons (Fsp3) is 0.312. The number of hydrogen-bond acceptors (Lipinski definition) is 3. The number of aryl methyl sites for hydroxylation is 1. The molecule has 106 valence electrons. The summed E-state index contributed by atoms with van der Waals surface area (Å²) >= 11 is 1.66. The van der Waals surface area contributed by atoms with Crippen LogP contribution < -0.4 is 10.6 Å². The van der Waals surface area contributed by atoms with Gasteiger partial charge in [0, 0.05) is 17.1 Å². The highest BCUT2D eigenvalue weighted by atomic mass is 32.1. The van der Waals surface area contributed by atoms with Crippen molar-refractivity contribution in [3.63, 3.8) is 0 Å². The summed E-state index contributed by atoms with van der Waals surface area (Å²) in [5, 5.41) is 8.31. The Balaban J connectivity index is 2.18. The van der Waals surface area contributed by atoms with Gasteiger partial charge in [0.1, 0.15) is 0 Å². The molecule has 0 bridgehead atoms. The standard InChI is InChI=1S/C16H20N2OS/c1-4-17-14-8-7-11(2)10-13(14)16(19)18-12(3)15-6-5-9-20-15/h5-10,12,17H,4H2,1-3H3,(H,18,19). The van der Waals surface area contributed by atoms with Crippen molar-refractivity contribution in [3.05, 3.63) is 51.7 Å². The van der Waals surface area contributed by atoms with Crippen molar-refractivity contribution >= 4 is 22.9 Å². The quantitative estimate of drug-likeness (QED) is 0.873. The van der Waals surface area contributed by atoms with Crippen molar-refractivity contribution in [2.75, 3.05) is 11.9 Å². The first-order valence-electron chi connectivity index (χ1n) is 6.80. The van der Waals surface area contributed by atoms with Crippen LogP contribution in [0.25, 0.3) is 0 Å². The highest BCUT2D eigenvalue weighted by Gasteiger charge is 2.15. The summed E-state index contributed by atoms with van der Waals surface area (Å²) in [6.45, 7) is 6.82. The van der Waals surface area contributed by atoms with E-state index in [0.717, 1.165) is 22.7 Å². The Morgan fingerprint density at radius 3 is 2.80 bits per heavy atom. The van der Waals surface area contributed by atoms with E-state index in [1.165, 1.54) is 0 Å². The maximum atomic E-state index is 12.5. The minimum absolute atomic E-state index is 0.0255. The molecule has 2 N–H and O–H groups in total. The van der Waals surface area contributed by atoms with Gasteiger partial charge >= 0.3 is 0 Å². The maximum absolute atomic E-state index is 12.5. The van der Waals surface area contributed by atoms with Crippen molar-refractivity contribution in [1.29, 1.82) is 0 Å². The van der Waals surface area contributed by atoms with Crippen molar-refractivity contribution in [2.45, 2.75) is 26.8 Å². The van der Waals surface area contributed by atoms with Crippen LogP contribution >= 0.6 is 11.3 Å². The van der Waals surface area contributed by atoms with Crippen molar-refractivity contribution in [3.8, 4) is 0 Å². The Labute approximate surface area is 124 Å². The predicted molar refractivity (Wildman–Crippen MR) is 85.5 cm³/mol. The third-order valence-corrected chi connectivity index (χ3v) is 4.16. The van der Waals surface area contributed by atoms with E-state index in [1.54, 1.807) is 11.3 Å². The normalized spacial score (nSPS) is 11.9. The first-order valence-corrected chi connectivity index (χ1v) is 7.68. The molecule has 2 rings (SSSR count). The summed E-state index contributed by atoms with van der Waals surface area (Å²) in [6, 6.07) is 9.96. The molecule has 0 saturated heterocycles. The Hall–Kier alpha value is -1.81. The van der Waals surface area contributed by atoms with E-state index >= 15 is 0 Å². The molecule has 1 aromatic carbocycles. The fourth-order valence-electron chi connectivity index (χ4n) is 2.07. The molecular weight excluding hydrogens is 268 g/mol. The number of hydrogen-bond donors (Lipinski definition) is 2. The zero-order valence-corrected chi connectivity index (χ0v) is 12.9. The fourth-order valence-corrected chi connectivity index (χ4v) is 2.81. The lowest BCUT2D eigenvalue weighted by Crippen LogP contribution is -2.27. The molecule has 0 aliphatic carbocycles. The Bertz CT molecular complexity index is 578. The first kappa shape index (κ1) is 14.6. The molecule has 0 saturated carbocycles. The molecule has 4 heteroatoms. The zero-order valence-electron chi connectivity index (χ0n) is 12.1. The molecular formula is C16H20N2OS. The van der Waals surface area contributed by atoms with Crippen molar-refractivity contribution in [2.24, 2.45) is 0 Å². The van der Waals surface area contributed by atoms with Crippen LogP contribution in [0, 0.1) is 6.92 Å². The van der Waals surface area contributed by atoms with Crippen LogP contribution in [0.5, 0.6) is 0 Å². The van der Waals surface area contributed by atoms with Gasteiger partial charge in [-0.3, -0.25) is 4.79 Å². The zero-order chi connectivity index (χ0) is 14.5. The van der Waals surface area contributed by atoms with Crippen molar-refractivity contribution in [1.82, 2.24) is 5.32 Å². The van der Waals surface area contributed by atoms with Gasteiger partial charge in [0.25, 0.3) is 5.91 Å². The van der Waals surface area contributed by atoms with Crippen LogP contribution in [0.4, 0.5) is 5.69 Å². The second-order valence-corrected chi connectivity index (χ2v) is 5.77. The number of benzene rings is 1. The van der Waals surface area contributed by atoms with Gasteiger partial charge in [0.05, 0.1) is 11.6 Å². The molecule has 3 nitrogen and oxygen atoms in total. The van der Waals surface area contributed by atoms with E-state index in [-0.39, 0.29) is 11.9 Å². The molecule has 0 spiro atoms. The molecule has 1 unspecified atom stereocenters. The summed E-state index contributed by atoms with van der Waals surface area (Å²) in [5.41, 5.74) is 2.67. The number of rotatable bonds is 5. The third kappa shape index (κ3) is 3.39. The summed E-state index contributed by atoms with van der Waals surface area (Å²) < 4.78 is 0. The second-order valence-electron chi connectivity index (χ2n) is 4.79. The van der Waals surface area contributed by atoms with E-state index in [1.807, 2.05) is 56.5 Å². The molecule has 0 radical (unpaired) electrons. The minimum atomic E-state index is -0.0365. The van der Waals surface area contributed by atoms with E-state index < -0.39 is 0 Å². The highest BCUT2D eigenvalue weighted by molar-refractivity contribution is 7.10.